The van der Waals surface area contributed by atoms with Crippen LogP contribution < -0.4 is 15.0 Å². The Morgan fingerprint density at radius 2 is 2.24 bits per heavy atom. The van der Waals surface area contributed by atoms with Gasteiger partial charge in [0.2, 0.25) is 5.88 Å². The smallest absolute Gasteiger partial charge is 0.411 e. The van der Waals surface area contributed by atoms with Gasteiger partial charge in [-0.1, -0.05) is 0 Å². The molecule has 0 aliphatic carbocycles. The Balaban J connectivity index is 3.04. The molecule has 1 aromatic rings. The van der Waals surface area contributed by atoms with Crippen LogP contribution in [0.1, 0.15) is 6.92 Å². The molecule has 17 heavy (non-hydrogen) atoms. The van der Waals surface area contributed by atoms with Gasteiger partial charge in [0.15, 0.2) is 0 Å². The molecule has 94 valence electrons. The molecular weight excluding hydrogens is 222 g/mol. The molecule has 1 rings (SSSR count). The van der Waals surface area contributed by atoms with E-state index in [1.165, 1.54) is 7.11 Å². The minimum Gasteiger partial charge on any atom is -0.479 e. The number of carbonyl (C=O) groups excluding carboxylic acids is 1. The first-order chi connectivity index (χ1) is 8.10. The number of anilines is 2. The first kappa shape index (κ1) is 13.1. The van der Waals surface area contributed by atoms with E-state index in [1.54, 1.807) is 19.2 Å². The molecule has 1 amide bonds. The van der Waals surface area contributed by atoms with E-state index in [2.05, 4.69) is 10.3 Å². The number of methoxy groups -OCH3 is 1. The lowest BCUT2D eigenvalue weighted by molar-refractivity contribution is 0.168. The number of amides is 1. The summed E-state index contributed by atoms with van der Waals surface area (Å²) >= 11 is 0. The van der Waals surface area contributed by atoms with Crippen molar-refractivity contribution in [2.24, 2.45) is 0 Å². The molecule has 0 fully saturated rings. The first-order valence-electron chi connectivity index (χ1n) is 5.24. The molecule has 1 N–H and O–H groups in total. The SMILES string of the molecule is CCOC(=O)Nc1c(N(C)C)ccnc1OC. The number of pyridine rings is 1. The van der Waals surface area contributed by atoms with Crippen molar-refractivity contribution in [2.45, 2.75) is 6.92 Å². The molecule has 0 atom stereocenters. The number of hydrogen-bond acceptors (Lipinski definition) is 5. The summed E-state index contributed by atoms with van der Waals surface area (Å²) in [5.74, 6) is 0.351. The van der Waals surface area contributed by atoms with Gasteiger partial charge < -0.3 is 14.4 Å². The summed E-state index contributed by atoms with van der Waals surface area (Å²) in [5, 5.41) is 2.62. The minimum absolute atomic E-state index is 0.311. The van der Waals surface area contributed by atoms with E-state index < -0.39 is 6.09 Å². The third-order valence-electron chi connectivity index (χ3n) is 2.07. The van der Waals surface area contributed by atoms with Crippen molar-refractivity contribution in [3.05, 3.63) is 12.3 Å². The van der Waals surface area contributed by atoms with Crippen LogP contribution in [0.5, 0.6) is 5.88 Å². The zero-order valence-corrected chi connectivity index (χ0v) is 10.5. The Kier molecular flexibility index (Phi) is 4.56. The maximum atomic E-state index is 11.4. The fourth-order valence-electron chi connectivity index (χ4n) is 1.35. The average Bonchev–Trinajstić information content (AvgIpc) is 2.29. The van der Waals surface area contributed by atoms with Gasteiger partial charge in [-0.05, 0) is 13.0 Å². The number of hydrogen-bond donors (Lipinski definition) is 1. The molecule has 0 saturated heterocycles. The van der Waals surface area contributed by atoms with Crippen molar-refractivity contribution in [2.75, 3.05) is 38.0 Å². The molecule has 1 aromatic heterocycles. The zero-order chi connectivity index (χ0) is 12.8. The second-order valence-electron chi connectivity index (χ2n) is 3.45. The molecule has 6 nitrogen and oxygen atoms in total. The second kappa shape index (κ2) is 5.93. The summed E-state index contributed by atoms with van der Waals surface area (Å²) in [6, 6.07) is 1.78. The minimum atomic E-state index is -0.526. The number of carbonyl (C=O) groups is 1. The van der Waals surface area contributed by atoms with Crippen LogP contribution in [0.4, 0.5) is 16.2 Å². The summed E-state index contributed by atoms with van der Waals surface area (Å²) < 4.78 is 9.94. The quantitative estimate of drug-likeness (QED) is 0.866. The van der Waals surface area contributed by atoms with E-state index in [0.29, 0.717) is 18.2 Å². The predicted molar refractivity (Wildman–Crippen MR) is 65.8 cm³/mol. The first-order valence-corrected chi connectivity index (χ1v) is 5.24. The van der Waals surface area contributed by atoms with Crippen molar-refractivity contribution < 1.29 is 14.3 Å². The fraction of sp³-hybridized carbons (Fsp3) is 0.455. The van der Waals surface area contributed by atoms with Crippen LogP contribution in [-0.4, -0.2) is 38.9 Å². The van der Waals surface area contributed by atoms with Crippen molar-refractivity contribution in [1.82, 2.24) is 4.98 Å². The standard InChI is InChI=1S/C11H17N3O3/c1-5-17-11(15)13-9-8(14(2)3)6-7-12-10(9)16-4/h6-7H,5H2,1-4H3,(H,13,15). The maximum absolute atomic E-state index is 11.4. The third-order valence-corrected chi connectivity index (χ3v) is 2.07. The Morgan fingerprint density at radius 3 is 2.76 bits per heavy atom. The van der Waals surface area contributed by atoms with Gasteiger partial charge in [0, 0.05) is 20.3 Å². The number of ether oxygens (including phenoxy) is 2. The lowest BCUT2D eigenvalue weighted by Gasteiger charge is -2.19. The molecular formula is C11H17N3O3. The van der Waals surface area contributed by atoms with Crippen LogP contribution in [0.3, 0.4) is 0 Å². The highest BCUT2D eigenvalue weighted by molar-refractivity contribution is 5.91. The van der Waals surface area contributed by atoms with Gasteiger partial charge in [0.05, 0.1) is 19.4 Å². The Bertz CT molecular complexity index is 394. The Morgan fingerprint density at radius 1 is 1.53 bits per heavy atom. The number of nitrogens with one attached hydrogen (secondary N) is 1. The Hall–Kier alpha value is -1.98. The van der Waals surface area contributed by atoms with Crippen molar-refractivity contribution in [3.8, 4) is 5.88 Å². The van der Waals surface area contributed by atoms with E-state index in [4.69, 9.17) is 9.47 Å². The zero-order valence-electron chi connectivity index (χ0n) is 10.5. The van der Waals surface area contributed by atoms with Crippen LogP contribution in [0.2, 0.25) is 0 Å². The van der Waals surface area contributed by atoms with Crippen molar-refractivity contribution in [3.63, 3.8) is 0 Å². The molecule has 0 aromatic carbocycles. The van der Waals surface area contributed by atoms with E-state index in [-0.39, 0.29) is 0 Å². The molecule has 0 aliphatic rings. The van der Waals surface area contributed by atoms with Gasteiger partial charge in [0.25, 0.3) is 0 Å². The lowest BCUT2D eigenvalue weighted by Crippen LogP contribution is -2.18. The Labute approximate surface area is 101 Å². The van der Waals surface area contributed by atoms with Gasteiger partial charge >= 0.3 is 6.09 Å². The van der Waals surface area contributed by atoms with Crippen LogP contribution >= 0.6 is 0 Å². The van der Waals surface area contributed by atoms with Crippen LogP contribution in [0.25, 0.3) is 0 Å². The summed E-state index contributed by atoms with van der Waals surface area (Å²) in [6.45, 7) is 2.05. The summed E-state index contributed by atoms with van der Waals surface area (Å²) in [6.07, 6.45) is 1.09. The van der Waals surface area contributed by atoms with E-state index in [0.717, 1.165) is 5.69 Å². The average molecular weight is 239 g/mol. The van der Waals surface area contributed by atoms with Gasteiger partial charge in [-0.25, -0.2) is 9.78 Å². The van der Waals surface area contributed by atoms with Crippen LogP contribution in [0, 0.1) is 0 Å². The third kappa shape index (κ3) is 3.24. The van der Waals surface area contributed by atoms with Gasteiger partial charge in [0.1, 0.15) is 5.69 Å². The van der Waals surface area contributed by atoms with Gasteiger partial charge in [-0.3, -0.25) is 5.32 Å². The normalized spacial score (nSPS) is 9.65. The predicted octanol–water partition coefficient (Wildman–Crippen LogP) is 1.72. The molecule has 6 heteroatoms. The van der Waals surface area contributed by atoms with E-state index >= 15 is 0 Å². The molecule has 0 bridgehead atoms. The van der Waals surface area contributed by atoms with Gasteiger partial charge in [-0.15, -0.1) is 0 Å². The molecule has 0 spiro atoms. The van der Waals surface area contributed by atoms with Crippen molar-refractivity contribution in [1.29, 1.82) is 0 Å². The highest BCUT2D eigenvalue weighted by atomic mass is 16.5. The monoisotopic (exact) mass is 239 g/mol. The molecule has 1 heterocycles. The fourth-order valence-corrected chi connectivity index (χ4v) is 1.35. The topological polar surface area (TPSA) is 63.7 Å². The number of aromatic nitrogens is 1. The molecule has 0 unspecified atom stereocenters. The largest absolute Gasteiger partial charge is 0.479 e. The summed E-state index contributed by atoms with van der Waals surface area (Å²) in [7, 11) is 5.23. The van der Waals surface area contributed by atoms with E-state index in [1.807, 2.05) is 19.0 Å². The summed E-state index contributed by atoms with van der Waals surface area (Å²) in [4.78, 5) is 17.3. The maximum Gasteiger partial charge on any atom is 0.411 e. The highest BCUT2D eigenvalue weighted by Gasteiger charge is 2.15. The number of nitrogens with zero attached hydrogens (tertiary/aromatic N) is 2. The lowest BCUT2D eigenvalue weighted by atomic mass is 10.3. The van der Waals surface area contributed by atoms with Gasteiger partial charge in [-0.2, -0.15) is 0 Å². The van der Waals surface area contributed by atoms with Crippen LogP contribution in [0.15, 0.2) is 12.3 Å². The summed E-state index contributed by atoms with van der Waals surface area (Å²) in [5.41, 5.74) is 1.29. The molecule has 0 aliphatic heterocycles. The molecule has 0 saturated carbocycles. The number of rotatable bonds is 4. The highest BCUT2D eigenvalue weighted by Crippen LogP contribution is 2.31. The van der Waals surface area contributed by atoms with Crippen molar-refractivity contribution >= 4 is 17.5 Å². The molecule has 0 radical (unpaired) electrons. The second-order valence-corrected chi connectivity index (χ2v) is 3.45. The van der Waals surface area contributed by atoms with E-state index in [9.17, 15) is 4.79 Å². The van der Waals surface area contributed by atoms with Crippen LogP contribution in [-0.2, 0) is 4.74 Å².